The van der Waals surface area contributed by atoms with E-state index in [9.17, 15) is 9.59 Å². The number of carbonyl (C=O) groups is 2. The Labute approximate surface area is 175 Å². The summed E-state index contributed by atoms with van der Waals surface area (Å²) in [6.45, 7) is 1.55. The van der Waals surface area contributed by atoms with Crippen molar-refractivity contribution in [3.63, 3.8) is 0 Å². The van der Waals surface area contributed by atoms with Gasteiger partial charge in [-0.15, -0.1) is 11.3 Å². The lowest BCUT2D eigenvalue weighted by Gasteiger charge is -2.18. The lowest BCUT2D eigenvalue weighted by atomic mass is 10.2. The minimum absolute atomic E-state index is 0.0969. The number of ether oxygens (including phenoxy) is 1. The van der Waals surface area contributed by atoms with Crippen LogP contribution < -0.4 is 15.4 Å². The number of amides is 2. The van der Waals surface area contributed by atoms with Crippen LogP contribution in [0.4, 0.5) is 10.8 Å². The Morgan fingerprint density at radius 3 is 2.61 bits per heavy atom. The van der Waals surface area contributed by atoms with Crippen molar-refractivity contribution >= 4 is 57.2 Å². The monoisotopic (exact) mass is 435 g/mol. The highest BCUT2D eigenvalue weighted by atomic mass is 35.5. The molecule has 1 aromatic heterocycles. The summed E-state index contributed by atoms with van der Waals surface area (Å²) in [4.78, 5) is 29.6. The molecule has 0 aliphatic heterocycles. The number of thiazole rings is 1. The molecule has 3 aromatic rings. The number of carbonyl (C=O) groups excluding carboxylic acids is 2. The number of rotatable bonds is 6. The van der Waals surface area contributed by atoms with Crippen LogP contribution in [0, 0.1) is 0 Å². The highest BCUT2D eigenvalue weighted by Gasteiger charge is 2.19. The number of anilines is 2. The van der Waals surface area contributed by atoms with E-state index in [0.717, 1.165) is 0 Å². The number of benzene rings is 2. The van der Waals surface area contributed by atoms with Crippen LogP contribution in [-0.2, 0) is 11.4 Å². The van der Waals surface area contributed by atoms with Crippen molar-refractivity contribution in [2.75, 3.05) is 4.90 Å². The van der Waals surface area contributed by atoms with E-state index in [1.54, 1.807) is 41.8 Å². The largest absolute Gasteiger partial charge is 0.486 e. The van der Waals surface area contributed by atoms with Gasteiger partial charge in [-0.3, -0.25) is 14.5 Å². The first-order chi connectivity index (χ1) is 13.3. The number of halogens is 2. The van der Waals surface area contributed by atoms with Crippen molar-refractivity contribution in [2.45, 2.75) is 13.5 Å². The number of primary amides is 1. The molecule has 28 heavy (non-hydrogen) atoms. The molecule has 0 aliphatic rings. The van der Waals surface area contributed by atoms with Gasteiger partial charge in [0.15, 0.2) is 5.13 Å². The maximum Gasteiger partial charge on any atom is 0.252 e. The molecule has 0 atom stereocenters. The van der Waals surface area contributed by atoms with Gasteiger partial charge in [0.2, 0.25) is 5.91 Å². The fraction of sp³-hybridized carbons (Fsp3) is 0.105. The van der Waals surface area contributed by atoms with Crippen molar-refractivity contribution in [2.24, 2.45) is 5.73 Å². The van der Waals surface area contributed by atoms with E-state index in [4.69, 9.17) is 33.7 Å². The summed E-state index contributed by atoms with van der Waals surface area (Å²) < 4.78 is 5.68. The number of nitrogens with zero attached hydrogens (tertiary/aromatic N) is 2. The highest BCUT2D eigenvalue weighted by molar-refractivity contribution is 7.14. The quantitative estimate of drug-likeness (QED) is 0.601. The first-order valence-corrected chi connectivity index (χ1v) is 9.71. The molecule has 2 N–H and O–H groups in total. The van der Waals surface area contributed by atoms with E-state index < -0.39 is 5.91 Å². The number of aromatic nitrogens is 1. The van der Waals surface area contributed by atoms with E-state index >= 15 is 0 Å². The second kappa shape index (κ2) is 8.60. The molecule has 0 unspecified atom stereocenters. The zero-order valence-corrected chi connectivity index (χ0v) is 17.0. The van der Waals surface area contributed by atoms with Crippen LogP contribution in [0.1, 0.15) is 23.0 Å². The van der Waals surface area contributed by atoms with Gasteiger partial charge in [0.25, 0.3) is 5.91 Å². The van der Waals surface area contributed by atoms with Crippen molar-refractivity contribution in [1.82, 2.24) is 4.98 Å². The van der Waals surface area contributed by atoms with Gasteiger partial charge in [-0.25, -0.2) is 4.98 Å². The topological polar surface area (TPSA) is 85.5 Å². The Kier molecular flexibility index (Phi) is 6.18. The summed E-state index contributed by atoms with van der Waals surface area (Å²) in [7, 11) is 0. The van der Waals surface area contributed by atoms with Gasteiger partial charge in [0.05, 0.1) is 16.9 Å². The number of hydrogen-bond donors (Lipinski definition) is 1. The molecule has 0 bridgehead atoms. The standard InChI is InChI=1S/C19H15Cl2N3O3S/c1-11(25)24(15-4-2-3-12(20)7-15)19-23-14(10-28-19)9-27-17-6-5-13(21)8-16(17)18(22)26/h2-8,10H,9H2,1H3,(H2,22,26). The van der Waals surface area contributed by atoms with Crippen molar-refractivity contribution in [1.29, 1.82) is 0 Å². The molecule has 1 heterocycles. The third kappa shape index (κ3) is 4.62. The van der Waals surface area contributed by atoms with Gasteiger partial charge in [-0.05, 0) is 36.4 Å². The van der Waals surface area contributed by atoms with E-state index in [-0.39, 0.29) is 18.1 Å². The maximum absolute atomic E-state index is 12.2. The molecule has 0 saturated carbocycles. The van der Waals surface area contributed by atoms with Gasteiger partial charge < -0.3 is 10.5 Å². The van der Waals surface area contributed by atoms with Crippen molar-refractivity contribution in [3.8, 4) is 5.75 Å². The second-order valence-electron chi connectivity index (χ2n) is 5.75. The smallest absolute Gasteiger partial charge is 0.252 e. The summed E-state index contributed by atoms with van der Waals surface area (Å²) in [6, 6.07) is 11.6. The lowest BCUT2D eigenvalue weighted by Crippen LogP contribution is -2.22. The number of nitrogens with two attached hydrogens (primary N) is 1. The van der Waals surface area contributed by atoms with Crippen molar-refractivity contribution < 1.29 is 14.3 Å². The molecular formula is C19H15Cl2N3O3S. The molecule has 2 aromatic carbocycles. The number of hydrogen-bond acceptors (Lipinski definition) is 5. The Bertz CT molecular complexity index is 1040. The molecule has 144 valence electrons. The summed E-state index contributed by atoms with van der Waals surface area (Å²) in [5.41, 5.74) is 6.76. The molecule has 6 nitrogen and oxygen atoms in total. The predicted molar refractivity (Wildman–Crippen MR) is 111 cm³/mol. The minimum Gasteiger partial charge on any atom is -0.486 e. The normalized spacial score (nSPS) is 10.5. The van der Waals surface area contributed by atoms with Crippen LogP contribution in [0.2, 0.25) is 10.0 Å². The molecule has 3 rings (SSSR count). The third-order valence-corrected chi connectivity index (χ3v) is 5.04. The third-order valence-electron chi connectivity index (χ3n) is 3.69. The Hall–Kier alpha value is -2.61. The molecule has 0 spiro atoms. The van der Waals surface area contributed by atoms with E-state index in [0.29, 0.717) is 32.3 Å². The van der Waals surface area contributed by atoms with Crippen LogP contribution in [0.25, 0.3) is 0 Å². The summed E-state index contributed by atoms with van der Waals surface area (Å²) in [5, 5.41) is 3.16. The van der Waals surface area contributed by atoms with Crippen molar-refractivity contribution in [3.05, 3.63) is 69.1 Å². The molecular weight excluding hydrogens is 421 g/mol. The minimum atomic E-state index is -0.639. The lowest BCUT2D eigenvalue weighted by molar-refractivity contribution is -0.115. The Balaban J connectivity index is 1.80. The zero-order chi connectivity index (χ0) is 20.3. The Morgan fingerprint density at radius 1 is 1.18 bits per heavy atom. The molecule has 0 aliphatic carbocycles. The summed E-state index contributed by atoms with van der Waals surface area (Å²) in [5.74, 6) is -0.525. The second-order valence-corrected chi connectivity index (χ2v) is 7.46. The van der Waals surface area contributed by atoms with Gasteiger partial charge in [0, 0.05) is 22.3 Å². The van der Waals surface area contributed by atoms with E-state index in [1.807, 2.05) is 0 Å². The molecule has 2 amide bonds. The fourth-order valence-electron chi connectivity index (χ4n) is 2.48. The first-order valence-electron chi connectivity index (χ1n) is 8.08. The van der Waals surface area contributed by atoms with Gasteiger partial charge >= 0.3 is 0 Å². The molecule has 0 fully saturated rings. The average Bonchev–Trinajstić information content (AvgIpc) is 3.08. The predicted octanol–water partition coefficient (Wildman–Crippen LogP) is 4.81. The summed E-state index contributed by atoms with van der Waals surface area (Å²) >= 11 is 13.2. The molecule has 9 heteroatoms. The fourth-order valence-corrected chi connectivity index (χ4v) is 3.71. The van der Waals surface area contributed by atoms with E-state index in [2.05, 4.69) is 4.98 Å². The van der Waals surface area contributed by atoms with Crippen LogP contribution in [0.15, 0.2) is 47.8 Å². The highest BCUT2D eigenvalue weighted by Crippen LogP contribution is 2.31. The first kappa shape index (κ1) is 20.1. The molecule has 0 radical (unpaired) electrons. The van der Waals surface area contributed by atoms with Crippen LogP contribution in [0.5, 0.6) is 5.75 Å². The van der Waals surface area contributed by atoms with Crippen LogP contribution >= 0.6 is 34.5 Å². The van der Waals surface area contributed by atoms with Gasteiger partial charge in [0.1, 0.15) is 12.4 Å². The zero-order valence-electron chi connectivity index (χ0n) is 14.7. The van der Waals surface area contributed by atoms with E-state index in [1.165, 1.54) is 29.2 Å². The van der Waals surface area contributed by atoms with Crippen LogP contribution in [0.3, 0.4) is 0 Å². The average molecular weight is 436 g/mol. The molecule has 0 saturated heterocycles. The van der Waals surface area contributed by atoms with Gasteiger partial charge in [-0.1, -0.05) is 29.3 Å². The summed E-state index contributed by atoms with van der Waals surface area (Å²) in [6.07, 6.45) is 0. The van der Waals surface area contributed by atoms with Crippen LogP contribution in [-0.4, -0.2) is 16.8 Å². The SMILES string of the molecule is CC(=O)N(c1cccc(Cl)c1)c1nc(COc2ccc(Cl)cc2C(N)=O)cs1. The Morgan fingerprint density at radius 2 is 1.93 bits per heavy atom. The van der Waals surface area contributed by atoms with Gasteiger partial charge in [-0.2, -0.15) is 0 Å². The maximum atomic E-state index is 12.2.